The Bertz CT molecular complexity index is 422. The number of rotatable bonds is 4. The van der Waals surface area contributed by atoms with E-state index in [0.29, 0.717) is 17.5 Å². The summed E-state index contributed by atoms with van der Waals surface area (Å²) in [5.41, 5.74) is 0.528. The Kier molecular flexibility index (Phi) is 4.12. The van der Waals surface area contributed by atoms with Crippen LogP contribution >= 0.6 is 0 Å². The van der Waals surface area contributed by atoms with Gasteiger partial charge in [-0.15, -0.1) is 0 Å². The molecule has 1 fully saturated rings. The Morgan fingerprint density at radius 2 is 2.28 bits per heavy atom. The molecule has 5 nitrogen and oxygen atoms in total. The highest BCUT2D eigenvalue weighted by Crippen LogP contribution is 2.30. The lowest BCUT2D eigenvalue weighted by atomic mass is 9.80. The highest BCUT2D eigenvalue weighted by molar-refractivity contribution is 5.56. The van der Waals surface area contributed by atoms with Crippen LogP contribution in [0.5, 0.6) is 0 Å². The van der Waals surface area contributed by atoms with Gasteiger partial charge in [-0.05, 0) is 40.3 Å². The molecule has 18 heavy (non-hydrogen) atoms. The maximum atomic E-state index is 10.8. The molecule has 1 aromatic heterocycles. The first-order valence-corrected chi connectivity index (χ1v) is 6.51. The summed E-state index contributed by atoms with van der Waals surface area (Å²) in [5, 5.41) is 14.0. The Balaban J connectivity index is 1.99. The summed E-state index contributed by atoms with van der Waals surface area (Å²) in [6.45, 7) is 3.07. The minimum Gasteiger partial charge on any atom is -0.378 e. The highest BCUT2D eigenvalue weighted by atomic mass is 16.6. The largest absolute Gasteiger partial charge is 0.386 e. The van der Waals surface area contributed by atoms with Gasteiger partial charge in [-0.1, -0.05) is 26.2 Å². The normalized spacial score (nSPS) is 23.6. The molecule has 0 saturated heterocycles. The minimum absolute atomic E-state index is 0.0824. The molecular formula is C13H19N3O2. The second kappa shape index (κ2) is 5.80. The Labute approximate surface area is 107 Å². The van der Waals surface area contributed by atoms with E-state index in [1.54, 1.807) is 12.1 Å². The first kappa shape index (κ1) is 12.8. The predicted molar refractivity (Wildman–Crippen MR) is 70.5 cm³/mol. The summed E-state index contributed by atoms with van der Waals surface area (Å²) in [6, 6.07) is 3.44. The molecule has 0 aromatic carbocycles. The lowest BCUT2D eigenvalue weighted by Gasteiger charge is -2.28. The van der Waals surface area contributed by atoms with Gasteiger partial charge >= 0.3 is 5.82 Å². The number of nitrogens with one attached hydrogen (secondary N) is 1. The zero-order valence-corrected chi connectivity index (χ0v) is 10.6. The molecule has 0 amide bonds. The van der Waals surface area contributed by atoms with E-state index in [1.807, 2.05) is 0 Å². The average molecular weight is 249 g/mol. The second-order valence-corrected chi connectivity index (χ2v) is 5.03. The van der Waals surface area contributed by atoms with Gasteiger partial charge in [0.15, 0.2) is 0 Å². The van der Waals surface area contributed by atoms with Gasteiger partial charge in [-0.3, -0.25) is 0 Å². The lowest BCUT2D eigenvalue weighted by molar-refractivity contribution is -0.388. The van der Waals surface area contributed by atoms with Gasteiger partial charge in [0.2, 0.25) is 0 Å². The van der Waals surface area contributed by atoms with Crippen molar-refractivity contribution in [3.8, 4) is 0 Å². The van der Waals surface area contributed by atoms with Crippen LogP contribution in [0.25, 0.3) is 0 Å². The molecular weight excluding hydrogens is 230 g/mol. The molecule has 1 N–H and O–H groups in total. The van der Waals surface area contributed by atoms with Crippen molar-refractivity contribution in [2.45, 2.75) is 32.6 Å². The molecule has 2 unspecified atom stereocenters. The monoisotopic (exact) mass is 249 g/mol. The van der Waals surface area contributed by atoms with Crippen LogP contribution in [0.1, 0.15) is 32.6 Å². The number of hydrogen-bond donors (Lipinski definition) is 1. The first-order chi connectivity index (χ1) is 8.68. The third-order valence-corrected chi connectivity index (χ3v) is 3.80. The van der Waals surface area contributed by atoms with Crippen LogP contribution in [-0.4, -0.2) is 16.5 Å². The SMILES string of the molecule is CC1CCCCC1CNc1cccnc1[N+](=O)[O-]. The summed E-state index contributed by atoms with van der Waals surface area (Å²) in [7, 11) is 0. The van der Waals surface area contributed by atoms with Crippen LogP contribution in [0.3, 0.4) is 0 Å². The van der Waals surface area contributed by atoms with E-state index >= 15 is 0 Å². The molecule has 0 bridgehead atoms. The van der Waals surface area contributed by atoms with E-state index in [4.69, 9.17) is 0 Å². The minimum atomic E-state index is -0.438. The van der Waals surface area contributed by atoms with Crippen molar-refractivity contribution >= 4 is 11.5 Å². The van der Waals surface area contributed by atoms with E-state index in [9.17, 15) is 10.1 Å². The molecule has 0 radical (unpaired) electrons. The van der Waals surface area contributed by atoms with Gasteiger partial charge < -0.3 is 15.4 Å². The second-order valence-electron chi connectivity index (χ2n) is 5.03. The molecule has 1 aromatic rings. The number of nitrogens with zero attached hydrogens (tertiary/aromatic N) is 2. The van der Waals surface area contributed by atoms with Crippen LogP contribution < -0.4 is 5.32 Å². The van der Waals surface area contributed by atoms with Crippen molar-refractivity contribution < 1.29 is 4.92 Å². The molecule has 1 aliphatic carbocycles. The van der Waals surface area contributed by atoms with E-state index in [0.717, 1.165) is 6.54 Å². The third kappa shape index (κ3) is 2.97. The molecule has 98 valence electrons. The molecule has 1 aliphatic rings. The topological polar surface area (TPSA) is 68.1 Å². The molecule has 5 heteroatoms. The Hall–Kier alpha value is -1.65. The van der Waals surface area contributed by atoms with Crippen LogP contribution in [0.4, 0.5) is 11.5 Å². The molecule has 2 atom stereocenters. The van der Waals surface area contributed by atoms with Crippen LogP contribution in [-0.2, 0) is 0 Å². The van der Waals surface area contributed by atoms with Crippen molar-refractivity contribution in [3.05, 3.63) is 28.4 Å². The number of aromatic nitrogens is 1. The van der Waals surface area contributed by atoms with Crippen molar-refractivity contribution in [2.24, 2.45) is 11.8 Å². The summed E-state index contributed by atoms with van der Waals surface area (Å²) < 4.78 is 0. The van der Waals surface area contributed by atoms with Crippen molar-refractivity contribution in [3.63, 3.8) is 0 Å². The van der Waals surface area contributed by atoms with Gasteiger partial charge in [0.1, 0.15) is 11.9 Å². The predicted octanol–water partition coefficient (Wildman–Crippen LogP) is 3.23. The summed E-state index contributed by atoms with van der Waals surface area (Å²) in [4.78, 5) is 14.2. The number of nitro groups is 1. The standard InChI is InChI=1S/C13H19N3O2/c1-10-5-2-3-6-11(10)9-15-12-7-4-8-14-13(12)16(17)18/h4,7-8,10-11,15H,2-3,5-6,9H2,1H3. The van der Waals surface area contributed by atoms with Crippen molar-refractivity contribution in [1.29, 1.82) is 0 Å². The van der Waals surface area contributed by atoms with E-state index in [1.165, 1.54) is 31.9 Å². The first-order valence-electron chi connectivity index (χ1n) is 6.51. The smallest absolute Gasteiger partial charge is 0.378 e. The molecule has 0 spiro atoms. The highest BCUT2D eigenvalue weighted by Gasteiger charge is 2.22. The molecule has 0 aliphatic heterocycles. The van der Waals surface area contributed by atoms with Crippen LogP contribution in [0.15, 0.2) is 18.3 Å². The van der Waals surface area contributed by atoms with E-state index in [-0.39, 0.29) is 5.82 Å². The molecule has 1 saturated carbocycles. The maximum absolute atomic E-state index is 10.8. The zero-order valence-electron chi connectivity index (χ0n) is 10.6. The zero-order chi connectivity index (χ0) is 13.0. The molecule has 1 heterocycles. The summed E-state index contributed by atoms with van der Waals surface area (Å²) >= 11 is 0. The van der Waals surface area contributed by atoms with Gasteiger partial charge in [0.25, 0.3) is 0 Å². The third-order valence-electron chi connectivity index (χ3n) is 3.80. The lowest BCUT2D eigenvalue weighted by Crippen LogP contribution is -2.24. The fourth-order valence-corrected chi connectivity index (χ4v) is 2.62. The number of hydrogen-bond acceptors (Lipinski definition) is 4. The quantitative estimate of drug-likeness (QED) is 0.657. The Morgan fingerprint density at radius 1 is 1.50 bits per heavy atom. The fourth-order valence-electron chi connectivity index (χ4n) is 2.62. The van der Waals surface area contributed by atoms with Crippen LogP contribution in [0, 0.1) is 22.0 Å². The van der Waals surface area contributed by atoms with Gasteiger partial charge in [-0.2, -0.15) is 0 Å². The fraction of sp³-hybridized carbons (Fsp3) is 0.615. The van der Waals surface area contributed by atoms with Gasteiger partial charge in [0, 0.05) is 6.54 Å². The molecule has 2 rings (SSSR count). The van der Waals surface area contributed by atoms with Crippen molar-refractivity contribution in [1.82, 2.24) is 4.98 Å². The summed E-state index contributed by atoms with van der Waals surface area (Å²) in [5.74, 6) is 1.22. The Morgan fingerprint density at radius 3 is 3.00 bits per heavy atom. The van der Waals surface area contributed by atoms with Gasteiger partial charge in [0.05, 0.1) is 0 Å². The van der Waals surface area contributed by atoms with E-state index < -0.39 is 4.92 Å². The maximum Gasteiger partial charge on any atom is 0.386 e. The number of anilines is 1. The van der Waals surface area contributed by atoms with Crippen molar-refractivity contribution in [2.75, 3.05) is 11.9 Å². The average Bonchev–Trinajstić information content (AvgIpc) is 2.38. The van der Waals surface area contributed by atoms with E-state index in [2.05, 4.69) is 17.2 Å². The summed E-state index contributed by atoms with van der Waals surface area (Å²) in [6.07, 6.45) is 6.51. The number of pyridine rings is 1. The van der Waals surface area contributed by atoms with Crippen LogP contribution in [0.2, 0.25) is 0 Å². The van der Waals surface area contributed by atoms with Gasteiger partial charge in [-0.25, -0.2) is 0 Å².